The molecule has 2 aliphatic rings. The van der Waals surface area contributed by atoms with Crippen molar-refractivity contribution in [1.29, 1.82) is 0 Å². The van der Waals surface area contributed by atoms with Crippen LogP contribution in [0.25, 0.3) is 0 Å². The summed E-state index contributed by atoms with van der Waals surface area (Å²) in [5, 5.41) is 3.94. The average Bonchev–Trinajstić information content (AvgIpc) is 3.17. The number of hydrogen-bond acceptors (Lipinski definition) is 4. The second kappa shape index (κ2) is 6.91. The highest BCUT2D eigenvalue weighted by Gasteiger charge is 2.49. The van der Waals surface area contributed by atoms with Crippen molar-refractivity contribution in [3.05, 3.63) is 22.4 Å². The third kappa shape index (κ3) is 3.32. The topological polar surface area (TPSA) is 32.8 Å². The van der Waals surface area contributed by atoms with Crippen molar-refractivity contribution >= 4 is 17.2 Å². The molecule has 3 heterocycles. The highest BCUT2D eigenvalue weighted by atomic mass is 32.1. The molecule has 0 aromatic carbocycles. The Kier molecular flexibility index (Phi) is 5.09. The lowest BCUT2D eigenvalue weighted by Crippen LogP contribution is -2.47. The fraction of sp³-hybridized carbons (Fsp3) is 0.722. The summed E-state index contributed by atoms with van der Waals surface area (Å²) in [6.07, 6.45) is 2.35. The summed E-state index contributed by atoms with van der Waals surface area (Å²) in [6, 6.07) is 2.54. The van der Waals surface area contributed by atoms with Crippen molar-refractivity contribution in [1.82, 2.24) is 9.80 Å². The van der Waals surface area contributed by atoms with Crippen molar-refractivity contribution < 1.29 is 9.53 Å². The lowest BCUT2D eigenvalue weighted by molar-refractivity contribution is 0.0279. The van der Waals surface area contributed by atoms with Gasteiger partial charge in [0.1, 0.15) is 0 Å². The van der Waals surface area contributed by atoms with Crippen LogP contribution in [-0.4, -0.2) is 61.6 Å². The van der Waals surface area contributed by atoms with Crippen LogP contribution in [0.5, 0.6) is 0 Å². The lowest BCUT2D eigenvalue weighted by Gasteiger charge is -2.43. The Morgan fingerprint density at radius 1 is 1.43 bits per heavy atom. The average molecular weight is 337 g/mol. The zero-order chi connectivity index (χ0) is 16.4. The van der Waals surface area contributed by atoms with Gasteiger partial charge in [0.25, 0.3) is 5.91 Å². The largest absolute Gasteiger partial charge is 0.384 e. The number of thiophene rings is 1. The Bertz CT molecular complexity index is 521. The van der Waals surface area contributed by atoms with E-state index in [1.807, 2.05) is 16.8 Å². The number of methoxy groups -OCH3 is 1. The van der Waals surface area contributed by atoms with Crippen molar-refractivity contribution in [2.24, 2.45) is 11.3 Å². The quantitative estimate of drug-likeness (QED) is 0.847. The first kappa shape index (κ1) is 16.9. The molecule has 2 saturated heterocycles. The van der Waals surface area contributed by atoms with E-state index in [1.165, 1.54) is 12.8 Å². The number of carbonyl (C=O) groups excluding carboxylic acids is 1. The standard InChI is InChI=1S/C18H28N2O2S/c1-14(2)19-7-5-18(6-8-19)13-20(10-16(18)11-22-3)17(21)15-4-9-23-12-15/h4,9,12,14,16H,5-8,10-11,13H2,1-3H3/t16-/m0/s1. The second-order valence-corrected chi connectivity index (χ2v) is 8.12. The fourth-order valence-corrected chi connectivity index (χ4v) is 4.87. The van der Waals surface area contributed by atoms with Gasteiger partial charge in [0.2, 0.25) is 0 Å². The number of nitrogens with zero attached hydrogens (tertiary/aromatic N) is 2. The molecule has 0 radical (unpaired) electrons. The van der Waals surface area contributed by atoms with Crippen molar-refractivity contribution in [2.45, 2.75) is 32.7 Å². The molecule has 1 aromatic rings. The highest BCUT2D eigenvalue weighted by Crippen LogP contribution is 2.45. The Labute approximate surface area is 143 Å². The molecule has 128 valence electrons. The predicted octanol–water partition coefficient (Wildman–Crippen LogP) is 2.96. The molecule has 2 fully saturated rings. The number of rotatable bonds is 4. The summed E-state index contributed by atoms with van der Waals surface area (Å²) >= 11 is 1.59. The van der Waals surface area contributed by atoms with E-state index in [9.17, 15) is 4.79 Å². The van der Waals surface area contributed by atoms with Gasteiger partial charge in [-0.3, -0.25) is 4.79 Å². The molecule has 0 aliphatic carbocycles. The molecule has 0 N–H and O–H groups in total. The van der Waals surface area contributed by atoms with Gasteiger partial charge in [0.05, 0.1) is 12.2 Å². The summed E-state index contributed by atoms with van der Waals surface area (Å²) < 4.78 is 5.50. The van der Waals surface area contributed by atoms with E-state index in [0.717, 1.165) is 38.3 Å². The van der Waals surface area contributed by atoms with E-state index >= 15 is 0 Å². The Hall–Kier alpha value is -0.910. The van der Waals surface area contributed by atoms with Crippen LogP contribution in [0.1, 0.15) is 37.0 Å². The van der Waals surface area contributed by atoms with Crippen LogP contribution in [0.15, 0.2) is 16.8 Å². The van der Waals surface area contributed by atoms with E-state index in [-0.39, 0.29) is 11.3 Å². The molecule has 23 heavy (non-hydrogen) atoms. The van der Waals surface area contributed by atoms with E-state index in [2.05, 4.69) is 23.6 Å². The number of ether oxygens (including phenoxy) is 1. The molecule has 4 nitrogen and oxygen atoms in total. The maximum absolute atomic E-state index is 12.7. The van der Waals surface area contributed by atoms with Crippen molar-refractivity contribution in [3.63, 3.8) is 0 Å². The smallest absolute Gasteiger partial charge is 0.254 e. The second-order valence-electron chi connectivity index (χ2n) is 7.34. The summed E-state index contributed by atoms with van der Waals surface area (Å²) in [5.41, 5.74) is 1.08. The lowest BCUT2D eigenvalue weighted by atomic mass is 9.71. The first-order chi connectivity index (χ1) is 11.1. The first-order valence-corrected chi connectivity index (χ1v) is 9.54. The van der Waals surface area contributed by atoms with Gasteiger partial charge in [0, 0.05) is 37.5 Å². The number of carbonyl (C=O) groups is 1. The summed E-state index contributed by atoms with van der Waals surface area (Å²) in [7, 11) is 1.78. The predicted molar refractivity (Wildman–Crippen MR) is 94.0 cm³/mol. The Morgan fingerprint density at radius 2 is 2.17 bits per heavy atom. The van der Waals surface area contributed by atoms with Gasteiger partial charge in [-0.05, 0) is 56.6 Å². The normalized spacial score (nSPS) is 24.7. The third-order valence-corrected chi connectivity index (χ3v) is 6.44. The monoisotopic (exact) mass is 336 g/mol. The molecule has 1 spiro atoms. The molecular formula is C18H28N2O2S. The van der Waals surface area contributed by atoms with E-state index in [1.54, 1.807) is 18.4 Å². The number of hydrogen-bond donors (Lipinski definition) is 0. The number of amides is 1. The molecule has 2 aliphatic heterocycles. The van der Waals surface area contributed by atoms with E-state index in [0.29, 0.717) is 12.0 Å². The van der Waals surface area contributed by atoms with Crippen LogP contribution in [-0.2, 0) is 4.74 Å². The molecular weight excluding hydrogens is 308 g/mol. The van der Waals surface area contributed by atoms with Gasteiger partial charge in [-0.1, -0.05) is 0 Å². The minimum absolute atomic E-state index is 0.190. The maximum atomic E-state index is 12.7. The summed E-state index contributed by atoms with van der Waals surface area (Å²) in [5.74, 6) is 0.653. The van der Waals surface area contributed by atoms with Gasteiger partial charge in [-0.15, -0.1) is 0 Å². The molecule has 1 atom stereocenters. The van der Waals surface area contributed by atoms with Gasteiger partial charge in [0.15, 0.2) is 0 Å². The maximum Gasteiger partial charge on any atom is 0.254 e. The van der Waals surface area contributed by atoms with Crippen molar-refractivity contribution in [3.8, 4) is 0 Å². The van der Waals surface area contributed by atoms with Gasteiger partial charge < -0.3 is 14.5 Å². The molecule has 1 amide bonds. The number of likely N-dealkylation sites (tertiary alicyclic amines) is 2. The first-order valence-electron chi connectivity index (χ1n) is 8.60. The SMILES string of the molecule is COC[C@@H]1CN(C(=O)c2ccsc2)CC12CCN(C(C)C)CC2. The van der Waals surface area contributed by atoms with Gasteiger partial charge in [-0.2, -0.15) is 11.3 Å². The van der Waals surface area contributed by atoms with Crippen LogP contribution < -0.4 is 0 Å². The van der Waals surface area contributed by atoms with Crippen LogP contribution in [0.3, 0.4) is 0 Å². The van der Waals surface area contributed by atoms with Crippen LogP contribution >= 0.6 is 11.3 Å². The van der Waals surface area contributed by atoms with Crippen LogP contribution in [0.2, 0.25) is 0 Å². The van der Waals surface area contributed by atoms with Crippen LogP contribution in [0.4, 0.5) is 0 Å². The molecule has 1 aromatic heterocycles. The highest BCUT2D eigenvalue weighted by molar-refractivity contribution is 7.08. The fourth-order valence-electron chi connectivity index (χ4n) is 4.24. The zero-order valence-corrected chi connectivity index (χ0v) is 15.3. The molecule has 0 saturated carbocycles. The molecule has 0 unspecified atom stereocenters. The number of piperidine rings is 1. The van der Waals surface area contributed by atoms with E-state index < -0.39 is 0 Å². The van der Waals surface area contributed by atoms with Gasteiger partial charge in [-0.25, -0.2) is 0 Å². The molecule has 3 rings (SSSR count). The van der Waals surface area contributed by atoms with Crippen molar-refractivity contribution in [2.75, 3.05) is 39.9 Å². The molecule has 0 bridgehead atoms. The van der Waals surface area contributed by atoms with Crippen LogP contribution in [0, 0.1) is 11.3 Å². The Morgan fingerprint density at radius 3 is 2.74 bits per heavy atom. The van der Waals surface area contributed by atoms with E-state index in [4.69, 9.17) is 4.74 Å². The summed E-state index contributed by atoms with van der Waals surface area (Å²) in [4.78, 5) is 17.4. The molecule has 5 heteroatoms. The minimum atomic E-state index is 0.190. The summed E-state index contributed by atoms with van der Waals surface area (Å²) in [6.45, 7) is 9.30. The Balaban J connectivity index is 1.73. The minimum Gasteiger partial charge on any atom is -0.384 e. The zero-order valence-electron chi connectivity index (χ0n) is 14.5. The van der Waals surface area contributed by atoms with Gasteiger partial charge >= 0.3 is 0 Å². The third-order valence-electron chi connectivity index (χ3n) is 5.76.